The van der Waals surface area contributed by atoms with E-state index in [1.807, 2.05) is 49.4 Å². The van der Waals surface area contributed by atoms with Gasteiger partial charge in [0.05, 0.1) is 29.1 Å². The Labute approximate surface area is 209 Å². The molecule has 0 aliphatic rings. The molecule has 0 fully saturated rings. The van der Waals surface area contributed by atoms with E-state index in [-0.39, 0.29) is 5.91 Å². The lowest BCUT2D eigenvalue weighted by Crippen LogP contribution is -2.18. The van der Waals surface area contributed by atoms with Crippen molar-refractivity contribution < 1.29 is 19.0 Å². The van der Waals surface area contributed by atoms with Crippen LogP contribution < -0.4 is 19.6 Å². The highest BCUT2D eigenvalue weighted by Crippen LogP contribution is 2.34. The number of benzene rings is 3. The Balaban J connectivity index is 1.74. The summed E-state index contributed by atoms with van der Waals surface area (Å²) in [6.07, 6.45) is 1.56. The molecule has 32 heavy (non-hydrogen) atoms. The number of carbonyl (C=O) groups excluding carboxylic acids is 1. The van der Waals surface area contributed by atoms with Crippen LogP contribution in [0, 0.1) is 3.57 Å². The summed E-state index contributed by atoms with van der Waals surface area (Å²) < 4.78 is 18.7. The molecule has 0 aliphatic carbocycles. The Bertz CT molecular complexity index is 1110. The number of hydrazone groups is 1. The lowest BCUT2D eigenvalue weighted by molar-refractivity contribution is 0.0952. The van der Waals surface area contributed by atoms with E-state index in [1.54, 1.807) is 24.4 Å². The number of ether oxygens (including phenoxy) is 3. The summed E-state index contributed by atoms with van der Waals surface area (Å²) in [5.41, 5.74) is 4.76. The maximum atomic E-state index is 12.5. The number of halogens is 2. The summed E-state index contributed by atoms with van der Waals surface area (Å²) in [6.45, 7) is 2.85. The summed E-state index contributed by atoms with van der Waals surface area (Å²) in [6, 6.07) is 18.9. The average molecular weight is 609 g/mol. The molecule has 0 heterocycles. The molecule has 0 unspecified atom stereocenters. The number of nitrogens with one attached hydrogen (secondary N) is 1. The van der Waals surface area contributed by atoms with Gasteiger partial charge in [-0.3, -0.25) is 4.79 Å². The molecule has 0 bridgehead atoms. The Kier molecular flexibility index (Phi) is 8.92. The van der Waals surface area contributed by atoms with Crippen LogP contribution in [0.4, 0.5) is 0 Å². The summed E-state index contributed by atoms with van der Waals surface area (Å²) in [5, 5.41) is 4.09. The van der Waals surface area contributed by atoms with Crippen LogP contribution in [0.25, 0.3) is 0 Å². The molecule has 0 saturated heterocycles. The fraction of sp³-hybridized carbons (Fsp3) is 0.167. The van der Waals surface area contributed by atoms with Crippen LogP contribution in [-0.4, -0.2) is 25.8 Å². The van der Waals surface area contributed by atoms with E-state index >= 15 is 0 Å². The van der Waals surface area contributed by atoms with Gasteiger partial charge in [0.15, 0.2) is 11.5 Å². The molecular weight excluding hydrogens is 587 g/mol. The van der Waals surface area contributed by atoms with E-state index in [2.05, 4.69) is 49.0 Å². The third kappa shape index (κ3) is 6.46. The number of nitrogens with zero attached hydrogens (tertiary/aromatic N) is 1. The molecule has 3 rings (SSSR count). The van der Waals surface area contributed by atoms with Crippen LogP contribution in [0.2, 0.25) is 0 Å². The van der Waals surface area contributed by atoms with Crippen LogP contribution in [0.1, 0.15) is 28.4 Å². The number of carbonyl (C=O) groups is 1. The zero-order valence-corrected chi connectivity index (χ0v) is 21.3. The Morgan fingerprint density at radius 3 is 2.59 bits per heavy atom. The van der Waals surface area contributed by atoms with Crippen molar-refractivity contribution in [3.63, 3.8) is 0 Å². The number of hydrogen-bond donors (Lipinski definition) is 1. The molecule has 0 aromatic heterocycles. The first-order valence-electron chi connectivity index (χ1n) is 9.81. The molecular formula is C24H22BrIN2O4. The number of hydrogen-bond acceptors (Lipinski definition) is 5. The molecule has 1 N–H and O–H groups in total. The zero-order chi connectivity index (χ0) is 22.9. The molecule has 3 aromatic rings. The van der Waals surface area contributed by atoms with Crippen molar-refractivity contribution in [2.24, 2.45) is 5.10 Å². The van der Waals surface area contributed by atoms with Crippen LogP contribution >= 0.6 is 38.5 Å². The first kappa shape index (κ1) is 24.1. The predicted octanol–water partition coefficient (Wildman–Crippen LogP) is 5.80. The maximum Gasteiger partial charge on any atom is 0.275 e. The second-order valence-corrected chi connectivity index (χ2v) is 8.66. The molecule has 0 atom stereocenters. The predicted molar refractivity (Wildman–Crippen MR) is 137 cm³/mol. The molecule has 0 radical (unpaired) electrons. The monoisotopic (exact) mass is 608 g/mol. The second kappa shape index (κ2) is 11.9. The number of methoxy groups -OCH3 is 1. The van der Waals surface area contributed by atoms with Gasteiger partial charge in [-0.2, -0.15) is 5.10 Å². The van der Waals surface area contributed by atoms with Gasteiger partial charge < -0.3 is 14.2 Å². The van der Waals surface area contributed by atoms with E-state index in [0.717, 1.165) is 19.2 Å². The molecule has 8 heteroatoms. The summed E-state index contributed by atoms with van der Waals surface area (Å²) in [5.74, 6) is 1.39. The molecule has 0 saturated carbocycles. The number of amides is 1. The van der Waals surface area contributed by atoms with Gasteiger partial charge in [-0.05, 0) is 71.0 Å². The van der Waals surface area contributed by atoms with Crippen molar-refractivity contribution in [3.05, 3.63) is 85.4 Å². The summed E-state index contributed by atoms with van der Waals surface area (Å²) in [7, 11) is 1.52. The number of rotatable bonds is 9. The third-order valence-corrected chi connectivity index (χ3v) is 5.64. The largest absolute Gasteiger partial charge is 0.496 e. The van der Waals surface area contributed by atoms with E-state index in [0.29, 0.717) is 36.0 Å². The zero-order valence-electron chi connectivity index (χ0n) is 17.6. The molecule has 6 nitrogen and oxygen atoms in total. The first-order chi connectivity index (χ1) is 15.5. The summed E-state index contributed by atoms with van der Waals surface area (Å²) in [4.78, 5) is 12.5. The molecule has 0 aliphatic heterocycles. The lowest BCUT2D eigenvalue weighted by Gasteiger charge is -2.14. The van der Waals surface area contributed by atoms with Crippen LogP contribution in [-0.2, 0) is 6.61 Å². The fourth-order valence-corrected chi connectivity index (χ4v) is 4.02. The van der Waals surface area contributed by atoms with Crippen LogP contribution in [0.5, 0.6) is 17.2 Å². The molecule has 166 valence electrons. The topological polar surface area (TPSA) is 69.2 Å². The van der Waals surface area contributed by atoms with Crippen molar-refractivity contribution in [1.82, 2.24) is 5.43 Å². The quantitative estimate of drug-likeness (QED) is 0.189. The lowest BCUT2D eigenvalue weighted by atomic mass is 10.2. The second-order valence-electron chi connectivity index (χ2n) is 6.58. The summed E-state index contributed by atoms with van der Waals surface area (Å²) >= 11 is 5.57. The van der Waals surface area contributed by atoms with Crippen molar-refractivity contribution in [3.8, 4) is 17.2 Å². The Morgan fingerprint density at radius 2 is 1.88 bits per heavy atom. The van der Waals surface area contributed by atoms with Crippen molar-refractivity contribution in [2.75, 3.05) is 13.7 Å². The van der Waals surface area contributed by atoms with Gasteiger partial charge in [0.2, 0.25) is 0 Å². The maximum absolute atomic E-state index is 12.5. The van der Waals surface area contributed by atoms with Gasteiger partial charge >= 0.3 is 0 Å². The van der Waals surface area contributed by atoms with Gasteiger partial charge in [-0.25, -0.2) is 5.43 Å². The van der Waals surface area contributed by atoms with E-state index in [4.69, 9.17) is 14.2 Å². The molecule has 3 aromatic carbocycles. The van der Waals surface area contributed by atoms with Crippen molar-refractivity contribution in [2.45, 2.75) is 13.5 Å². The minimum absolute atomic E-state index is 0.373. The van der Waals surface area contributed by atoms with E-state index in [9.17, 15) is 4.79 Å². The highest BCUT2D eigenvalue weighted by atomic mass is 127. The van der Waals surface area contributed by atoms with Gasteiger partial charge in [0.1, 0.15) is 12.4 Å². The fourth-order valence-electron chi connectivity index (χ4n) is 2.88. The van der Waals surface area contributed by atoms with Crippen LogP contribution in [0.15, 0.2) is 70.2 Å². The standard InChI is InChI=1S/C24H22BrIN2O4/c1-3-31-22-12-17(11-20(26)23(22)32-15-16-7-5-4-6-8-16)14-27-28-24(29)19-13-18(25)9-10-21(19)30-2/h4-14H,3,15H2,1-2H3,(H,28,29)/b27-14-. The van der Waals surface area contributed by atoms with Gasteiger partial charge in [0, 0.05) is 4.47 Å². The van der Waals surface area contributed by atoms with Gasteiger partial charge in [0.25, 0.3) is 5.91 Å². The third-order valence-electron chi connectivity index (χ3n) is 4.34. The Hall–Kier alpha value is -2.59. The molecule has 1 amide bonds. The smallest absolute Gasteiger partial charge is 0.275 e. The van der Waals surface area contributed by atoms with Crippen molar-refractivity contribution in [1.29, 1.82) is 0 Å². The highest BCUT2D eigenvalue weighted by molar-refractivity contribution is 14.1. The SMILES string of the molecule is CCOc1cc(/C=N\NC(=O)c2cc(Br)ccc2OC)cc(I)c1OCc1ccccc1. The van der Waals surface area contributed by atoms with E-state index in [1.165, 1.54) is 7.11 Å². The minimum Gasteiger partial charge on any atom is -0.496 e. The normalized spacial score (nSPS) is 10.8. The van der Waals surface area contributed by atoms with Crippen LogP contribution in [0.3, 0.4) is 0 Å². The molecule has 0 spiro atoms. The van der Waals surface area contributed by atoms with Crippen molar-refractivity contribution >= 4 is 50.6 Å². The minimum atomic E-state index is -0.373. The van der Waals surface area contributed by atoms with E-state index < -0.39 is 0 Å². The first-order valence-corrected chi connectivity index (χ1v) is 11.7. The van der Waals surface area contributed by atoms with Gasteiger partial charge in [-0.15, -0.1) is 0 Å². The Morgan fingerprint density at radius 1 is 1.09 bits per heavy atom. The highest BCUT2D eigenvalue weighted by Gasteiger charge is 2.14. The van der Waals surface area contributed by atoms with Gasteiger partial charge in [-0.1, -0.05) is 46.3 Å². The average Bonchev–Trinajstić information content (AvgIpc) is 2.79.